The van der Waals surface area contributed by atoms with E-state index in [4.69, 9.17) is 10.5 Å². The lowest BCUT2D eigenvalue weighted by Gasteiger charge is -2.25. The van der Waals surface area contributed by atoms with E-state index >= 15 is 0 Å². The van der Waals surface area contributed by atoms with E-state index in [9.17, 15) is 4.79 Å². The van der Waals surface area contributed by atoms with Gasteiger partial charge in [-0.15, -0.1) is 0 Å². The Labute approximate surface area is 119 Å². The van der Waals surface area contributed by atoms with E-state index < -0.39 is 6.10 Å². The minimum atomic E-state index is -0.458. The van der Waals surface area contributed by atoms with E-state index in [1.807, 2.05) is 12.1 Å². The van der Waals surface area contributed by atoms with Gasteiger partial charge in [0.25, 0.3) is 5.91 Å². The summed E-state index contributed by atoms with van der Waals surface area (Å²) in [5, 5.41) is 2.97. The lowest BCUT2D eigenvalue weighted by Crippen LogP contribution is -2.37. The fourth-order valence-electron chi connectivity index (χ4n) is 2.75. The molecule has 2 atom stereocenters. The van der Waals surface area contributed by atoms with E-state index in [1.165, 1.54) is 11.1 Å². The molecule has 1 aromatic carbocycles. The van der Waals surface area contributed by atoms with Gasteiger partial charge in [-0.2, -0.15) is 0 Å². The maximum absolute atomic E-state index is 12.0. The Morgan fingerprint density at radius 2 is 2.20 bits per heavy atom. The minimum Gasteiger partial charge on any atom is -0.481 e. The zero-order chi connectivity index (χ0) is 14.1. The van der Waals surface area contributed by atoms with Gasteiger partial charge in [-0.1, -0.05) is 12.1 Å². The van der Waals surface area contributed by atoms with E-state index in [-0.39, 0.29) is 11.9 Å². The second-order valence-corrected chi connectivity index (χ2v) is 5.87. The molecule has 4 heteroatoms. The molecule has 1 fully saturated rings. The van der Waals surface area contributed by atoms with Crippen LogP contribution in [-0.2, 0) is 11.2 Å². The fourth-order valence-corrected chi connectivity index (χ4v) is 2.75. The Hall–Kier alpha value is -1.55. The van der Waals surface area contributed by atoms with E-state index in [1.54, 1.807) is 6.92 Å². The quantitative estimate of drug-likeness (QED) is 0.883. The lowest BCUT2D eigenvalue weighted by molar-refractivity contribution is -0.127. The van der Waals surface area contributed by atoms with Gasteiger partial charge in [0.15, 0.2) is 6.10 Å². The molecule has 2 aliphatic carbocycles. The van der Waals surface area contributed by atoms with Crippen LogP contribution in [-0.4, -0.2) is 18.1 Å². The molecule has 0 spiro atoms. The van der Waals surface area contributed by atoms with Crippen LogP contribution in [0.3, 0.4) is 0 Å². The normalized spacial score (nSPS) is 22.8. The van der Waals surface area contributed by atoms with E-state index in [2.05, 4.69) is 11.4 Å². The number of benzene rings is 1. The van der Waals surface area contributed by atoms with Crippen LogP contribution in [0.15, 0.2) is 18.2 Å². The maximum atomic E-state index is 12.0. The molecule has 108 valence electrons. The highest BCUT2D eigenvalue weighted by atomic mass is 16.5. The Morgan fingerprint density at radius 1 is 1.40 bits per heavy atom. The standard InChI is InChI=1S/C16H22N2O2/c1-10(16(19)18-11-8-9-11)20-15-7-3-4-12-13(15)5-2-6-14(12)17/h3-4,7,10-11,14H,2,5-6,8-9,17H2,1H3,(H,18,19). The average molecular weight is 274 g/mol. The van der Waals surface area contributed by atoms with Crippen molar-refractivity contribution in [2.24, 2.45) is 5.73 Å². The zero-order valence-corrected chi connectivity index (χ0v) is 11.9. The number of hydrogen-bond donors (Lipinski definition) is 2. The molecule has 0 bridgehead atoms. The topological polar surface area (TPSA) is 64.3 Å². The first kappa shape index (κ1) is 13.4. The third-order valence-electron chi connectivity index (χ3n) is 4.11. The molecule has 0 saturated heterocycles. The maximum Gasteiger partial charge on any atom is 0.260 e. The summed E-state index contributed by atoms with van der Waals surface area (Å²) < 4.78 is 5.88. The summed E-state index contributed by atoms with van der Waals surface area (Å²) in [5.74, 6) is 0.793. The van der Waals surface area contributed by atoms with Gasteiger partial charge < -0.3 is 15.8 Å². The van der Waals surface area contributed by atoms with Crippen molar-refractivity contribution in [3.8, 4) is 5.75 Å². The molecule has 1 amide bonds. The number of carbonyl (C=O) groups is 1. The number of hydrogen-bond acceptors (Lipinski definition) is 3. The molecule has 2 unspecified atom stereocenters. The van der Waals surface area contributed by atoms with Crippen LogP contribution in [0.5, 0.6) is 5.75 Å². The molecule has 3 N–H and O–H groups in total. The van der Waals surface area contributed by atoms with Gasteiger partial charge in [-0.05, 0) is 56.2 Å². The number of nitrogens with one attached hydrogen (secondary N) is 1. The summed E-state index contributed by atoms with van der Waals surface area (Å²) in [6.45, 7) is 1.81. The molecule has 1 saturated carbocycles. The Morgan fingerprint density at radius 3 is 2.95 bits per heavy atom. The molecule has 1 aromatic rings. The van der Waals surface area contributed by atoms with Crippen molar-refractivity contribution in [2.45, 2.75) is 57.2 Å². The second-order valence-electron chi connectivity index (χ2n) is 5.87. The van der Waals surface area contributed by atoms with Crippen molar-refractivity contribution >= 4 is 5.91 Å². The summed E-state index contributed by atoms with van der Waals surface area (Å²) in [4.78, 5) is 12.0. The molecule has 3 rings (SSSR count). The summed E-state index contributed by atoms with van der Waals surface area (Å²) in [5.41, 5.74) is 8.49. The van der Waals surface area contributed by atoms with E-state index in [0.717, 1.165) is 37.9 Å². The van der Waals surface area contributed by atoms with Crippen LogP contribution in [0.4, 0.5) is 0 Å². The van der Waals surface area contributed by atoms with Gasteiger partial charge in [-0.3, -0.25) is 4.79 Å². The predicted octanol–water partition coefficient (Wildman–Crippen LogP) is 2.07. The molecule has 0 aliphatic heterocycles. The average Bonchev–Trinajstić information content (AvgIpc) is 3.24. The third kappa shape index (κ3) is 2.80. The van der Waals surface area contributed by atoms with Crippen molar-refractivity contribution < 1.29 is 9.53 Å². The predicted molar refractivity (Wildman–Crippen MR) is 77.6 cm³/mol. The van der Waals surface area contributed by atoms with Crippen molar-refractivity contribution in [2.75, 3.05) is 0 Å². The van der Waals surface area contributed by atoms with Crippen LogP contribution in [0.25, 0.3) is 0 Å². The highest BCUT2D eigenvalue weighted by Crippen LogP contribution is 2.34. The number of ether oxygens (including phenoxy) is 1. The first-order valence-corrected chi connectivity index (χ1v) is 7.49. The van der Waals surface area contributed by atoms with Gasteiger partial charge in [-0.25, -0.2) is 0 Å². The van der Waals surface area contributed by atoms with Crippen LogP contribution < -0.4 is 15.8 Å². The first-order chi connectivity index (χ1) is 9.65. The SMILES string of the molecule is CC(Oc1cccc2c1CCCC2N)C(=O)NC1CC1. The number of fused-ring (bicyclic) bond motifs is 1. The smallest absolute Gasteiger partial charge is 0.260 e. The summed E-state index contributed by atoms with van der Waals surface area (Å²) in [6, 6.07) is 6.44. The highest BCUT2D eigenvalue weighted by molar-refractivity contribution is 5.81. The molecular weight excluding hydrogens is 252 g/mol. The Balaban J connectivity index is 1.73. The number of carbonyl (C=O) groups excluding carboxylic acids is 1. The molecule has 20 heavy (non-hydrogen) atoms. The van der Waals surface area contributed by atoms with Gasteiger partial charge in [0.2, 0.25) is 0 Å². The van der Waals surface area contributed by atoms with Crippen molar-refractivity contribution in [1.29, 1.82) is 0 Å². The first-order valence-electron chi connectivity index (χ1n) is 7.49. The van der Waals surface area contributed by atoms with Gasteiger partial charge in [0.1, 0.15) is 5.75 Å². The van der Waals surface area contributed by atoms with Crippen LogP contribution in [0, 0.1) is 0 Å². The number of nitrogens with two attached hydrogens (primary N) is 1. The summed E-state index contributed by atoms with van der Waals surface area (Å²) in [6.07, 6.45) is 4.81. The van der Waals surface area contributed by atoms with Gasteiger partial charge in [0.05, 0.1) is 0 Å². The molecule has 4 nitrogen and oxygen atoms in total. The van der Waals surface area contributed by atoms with E-state index in [0.29, 0.717) is 6.04 Å². The molecule has 0 radical (unpaired) electrons. The fraction of sp³-hybridized carbons (Fsp3) is 0.562. The van der Waals surface area contributed by atoms with Crippen molar-refractivity contribution in [3.63, 3.8) is 0 Å². The molecule has 0 heterocycles. The number of rotatable bonds is 4. The Bertz CT molecular complexity index is 511. The molecular formula is C16H22N2O2. The number of amides is 1. The zero-order valence-electron chi connectivity index (χ0n) is 11.9. The minimum absolute atomic E-state index is 0.0230. The summed E-state index contributed by atoms with van der Waals surface area (Å²) in [7, 11) is 0. The van der Waals surface area contributed by atoms with Crippen LogP contribution in [0.1, 0.15) is 49.8 Å². The highest BCUT2D eigenvalue weighted by Gasteiger charge is 2.27. The monoisotopic (exact) mass is 274 g/mol. The lowest BCUT2D eigenvalue weighted by atomic mass is 9.87. The second kappa shape index (κ2) is 5.44. The van der Waals surface area contributed by atoms with Gasteiger partial charge >= 0.3 is 0 Å². The van der Waals surface area contributed by atoms with Crippen LogP contribution >= 0.6 is 0 Å². The third-order valence-corrected chi connectivity index (χ3v) is 4.11. The van der Waals surface area contributed by atoms with Crippen molar-refractivity contribution in [1.82, 2.24) is 5.32 Å². The van der Waals surface area contributed by atoms with Crippen LogP contribution in [0.2, 0.25) is 0 Å². The summed E-state index contributed by atoms with van der Waals surface area (Å²) >= 11 is 0. The van der Waals surface area contributed by atoms with Gasteiger partial charge in [0, 0.05) is 12.1 Å². The molecule has 0 aromatic heterocycles. The van der Waals surface area contributed by atoms with Crippen molar-refractivity contribution in [3.05, 3.63) is 29.3 Å². The molecule has 2 aliphatic rings. The largest absolute Gasteiger partial charge is 0.481 e. The Kier molecular flexibility index (Phi) is 3.66.